The second-order valence-corrected chi connectivity index (χ2v) is 12.8. The number of carbonyl (C=O) groups is 1. The van der Waals surface area contributed by atoms with Gasteiger partial charge in [-0.05, 0) is 73.8 Å². The van der Waals surface area contributed by atoms with Crippen LogP contribution in [-0.2, 0) is 15.7 Å². The van der Waals surface area contributed by atoms with Gasteiger partial charge in [-0.25, -0.2) is 9.98 Å². The number of pyridine rings is 1. The maximum absolute atomic E-state index is 14.7. The molecule has 1 saturated carbocycles. The quantitative estimate of drug-likeness (QED) is 0.250. The minimum atomic E-state index is -4.76. The normalized spacial score (nSPS) is 20.2. The third kappa shape index (κ3) is 8.52. The molecule has 11 heteroatoms. The lowest BCUT2D eigenvalue weighted by atomic mass is 9.80. The number of hydrogen-bond acceptors (Lipinski definition) is 8. The number of carbonyl (C=O) groups excluding carboxylic acids is 1. The zero-order valence-electron chi connectivity index (χ0n) is 29.9. The van der Waals surface area contributed by atoms with Crippen molar-refractivity contribution >= 4 is 34.2 Å². The van der Waals surface area contributed by atoms with Crippen LogP contribution in [-0.4, -0.2) is 42.8 Å². The summed E-state index contributed by atoms with van der Waals surface area (Å²) in [5, 5.41) is 3.03. The highest BCUT2D eigenvalue weighted by Gasteiger charge is 2.36. The first-order valence-electron chi connectivity index (χ1n) is 18.0. The molecule has 3 aliphatic rings. The Labute approximate surface area is 297 Å². The van der Waals surface area contributed by atoms with E-state index in [-0.39, 0.29) is 56.7 Å². The van der Waals surface area contributed by atoms with Gasteiger partial charge in [0.05, 0.1) is 24.2 Å². The number of ketones is 1. The van der Waals surface area contributed by atoms with E-state index in [2.05, 4.69) is 16.9 Å². The number of hydrogen-bond donors (Lipinski definition) is 1. The summed E-state index contributed by atoms with van der Waals surface area (Å²) in [6.45, 7) is 13.6. The van der Waals surface area contributed by atoms with Crippen molar-refractivity contribution in [1.82, 2.24) is 4.98 Å². The minimum absolute atomic E-state index is 0.0532. The molecule has 3 aromatic rings. The Bertz CT molecular complexity index is 1900. The van der Waals surface area contributed by atoms with Crippen molar-refractivity contribution in [3.8, 4) is 11.1 Å². The van der Waals surface area contributed by atoms with Gasteiger partial charge in [0.25, 0.3) is 0 Å². The van der Waals surface area contributed by atoms with E-state index in [9.17, 15) is 22.8 Å². The van der Waals surface area contributed by atoms with E-state index in [1.54, 1.807) is 0 Å². The Balaban J connectivity index is 0.00000248. The van der Waals surface area contributed by atoms with Crippen LogP contribution in [0.5, 0.6) is 0 Å². The summed E-state index contributed by atoms with van der Waals surface area (Å²) in [7, 11) is 0. The SMILES string of the molecule is C=C(/N=C1/CCC(C2CCCC2)C(C(=O)CC)=C/C1=C/C)Nc1cc(C(F)(F)F)c(-c2cccc3c(=O)cc(N4CCOCC4)oc23)cn1.CC. The summed E-state index contributed by atoms with van der Waals surface area (Å²) in [4.78, 5) is 37.0. The predicted molar refractivity (Wildman–Crippen MR) is 197 cm³/mol. The van der Waals surface area contributed by atoms with Gasteiger partial charge in [-0.1, -0.05) is 58.4 Å². The zero-order chi connectivity index (χ0) is 36.7. The number of alkyl halides is 3. The molecule has 51 heavy (non-hydrogen) atoms. The molecule has 0 bridgehead atoms. The number of nitrogens with one attached hydrogen (secondary N) is 1. The van der Waals surface area contributed by atoms with Crippen LogP contribution >= 0.6 is 0 Å². The van der Waals surface area contributed by atoms with Crippen LogP contribution in [0.25, 0.3) is 22.1 Å². The van der Waals surface area contributed by atoms with Gasteiger partial charge in [0.1, 0.15) is 17.2 Å². The average Bonchev–Trinajstić information content (AvgIpc) is 3.61. The lowest BCUT2D eigenvalue weighted by molar-refractivity contribution is -0.137. The first-order chi connectivity index (χ1) is 24.6. The summed E-state index contributed by atoms with van der Waals surface area (Å²) in [5.74, 6) is 1.08. The molecular formula is C40H47F3N4O4. The molecule has 0 radical (unpaired) electrons. The number of fused-ring (bicyclic) bond motifs is 1. The number of aliphatic imine (C=N–C) groups is 1. The fraction of sp³-hybridized carbons (Fsp3) is 0.450. The summed E-state index contributed by atoms with van der Waals surface area (Å²) >= 11 is 0. The van der Waals surface area contributed by atoms with Crippen molar-refractivity contribution in [2.24, 2.45) is 16.8 Å². The van der Waals surface area contributed by atoms with Gasteiger partial charge in [0.2, 0.25) is 0 Å². The largest absolute Gasteiger partial charge is 0.440 e. The van der Waals surface area contributed by atoms with E-state index in [1.807, 2.05) is 44.7 Å². The standard InChI is InChI=1S/C38H41F3N4O4.C2H6/c1-4-24-19-29(33(46)5-2)26(25-9-6-7-10-25)13-14-32(24)43-23(3)44-35-20-31(38(39,40)41)30(22-42-35)27-11-8-12-28-34(47)21-36(49-37(27)28)45-15-17-48-18-16-45;1-2/h4,8,11-12,19-22,25-26H,3,5-7,9-10,13-18H2,1-2H3,(H,42,44);1-2H3/b24-4-,43-32-;. The van der Waals surface area contributed by atoms with Crippen LogP contribution in [0.4, 0.5) is 24.9 Å². The number of morpholine rings is 1. The van der Waals surface area contributed by atoms with Gasteiger partial charge in [0.15, 0.2) is 17.1 Å². The van der Waals surface area contributed by atoms with Crippen LogP contribution in [0.15, 0.2) is 86.4 Å². The number of aromatic nitrogens is 1. The van der Waals surface area contributed by atoms with E-state index in [0.29, 0.717) is 45.1 Å². The topological polar surface area (TPSA) is 97.0 Å². The van der Waals surface area contributed by atoms with Gasteiger partial charge in [-0.3, -0.25) is 9.59 Å². The molecule has 1 aromatic carbocycles. The molecule has 1 aliphatic heterocycles. The molecular weight excluding hydrogens is 657 g/mol. The van der Waals surface area contributed by atoms with E-state index in [0.717, 1.165) is 48.4 Å². The predicted octanol–water partition coefficient (Wildman–Crippen LogP) is 9.51. The number of para-hydroxylation sites is 1. The van der Waals surface area contributed by atoms with Crippen LogP contribution in [0.1, 0.15) is 78.2 Å². The number of halogens is 3. The Morgan fingerprint density at radius 3 is 2.51 bits per heavy atom. The maximum Gasteiger partial charge on any atom is 0.417 e. The first kappa shape index (κ1) is 37.7. The lowest BCUT2D eigenvalue weighted by Gasteiger charge is -2.27. The number of rotatable bonds is 8. The molecule has 0 amide bonds. The number of ether oxygens (including phenoxy) is 1. The zero-order valence-corrected chi connectivity index (χ0v) is 29.9. The highest BCUT2D eigenvalue weighted by molar-refractivity contribution is 6.07. The number of nitrogens with zero attached hydrogens (tertiary/aromatic N) is 3. The fourth-order valence-electron chi connectivity index (χ4n) is 7.29. The highest BCUT2D eigenvalue weighted by atomic mass is 19.4. The van der Waals surface area contributed by atoms with Gasteiger partial charge in [0, 0.05) is 48.6 Å². The number of allylic oxidation sites excluding steroid dienone is 4. The van der Waals surface area contributed by atoms with Crippen LogP contribution in [0.2, 0.25) is 0 Å². The first-order valence-corrected chi connectivity index (χ1v) is 18.0. The molecule has 2 aliphatic carbocycles. The maximum atomic E-state index is 14.7. The highest BCUT2D eigenvalue weighted by Crippen LogP contribution is 2.42. The second kappa shape index (κ2) is 16.7. The van der Waals surface area contributed by atoms with Crippen LogP contribution in [0.3, 0.4) is 0 Å². The van der Waals surface area contributed by atoms with Crippen molar-refractivity contribution in [1.29, 1.82) is 0 Å². The molecule has 3 heterocycles. The Hall–Kier alpha value is -4.51. The van der Waals surface area contributed by atoms with Crippen LogP contribution < -0.4 is 15.6 Å². The summed E-state index contributed by atoms with van der Waals surface area (Å²) in [6, 6.07) is 6.84. The summed E-state index contributed by atoms with van der Waals surface area (Å²) < 4.78 is 55.5. The van der Waals surface area contributed by atoms with E-state index in [1.165, 1.54) is 37.1 Å². The number of Topliss-reactive ketones (excluding diaryl/α,β-unsaturated/α-hetero) is 1. The molecule has 2 fully saturated rings. The van der Waals surface area contributed by atoms with Crippen molar-refractivity contribution in [3.63, 3.8) is 0 Å². The molecule has 2 aromatic heterocycles. The van der Waals surface area contributed by atoms with E-state index < -0.39 is 11.7 Å². The molecule has 1 unspecified atom stereocenters. The van der Waals surface area contributed by atoms with Crippen molar-refractivity contribution < 1.29 is 27.1 Å². The lowest BCUT2D eigenvalue weighted by Crippen LogP contribution is -2.36. The summed E-state index contributed by atoms with van der Waals surface area (Å²) in [6.07, 6.45) is 6.59. The molecule has 0 spiro atoms. The number of anilines is 2. The number of benzene rings is 1. The average molecular weight is 705 g/mol. The third-order valence-electron chi connectivity index (χ3n) is 9.77. The molecule has 1 atom stereocenters. The Morgan fingerprint density at radius 1 is 1.12 bits per heavy atom. The fourth-order valence-corrected chi connectivity index (χ4v) is 7.29. The monoisotopic (exact) mass is 704 g/mol. The summed E-state index contributed by atoms with van der Waals surface area (Å²) in [5.41, 5.74) is 1.01. The van der Waals surface area contributed by atoms with Crippen molar-refractivity contribution in [2.45, 2.75) is 78.8 Å². The Morgan fingerprint density at radius 2 is 1.84 bits per heavy atom. The van der Waals surface area contributed by atoms with Gasteiger partial charge >= 0.3 is 6.18 Å². The molecule has 1 saturated heterocycles. The van der Waals surface area contributed by atoms with Crippen molar-refractivity contribution in [3.05, 3.63) is 88.0 Å². The smallest absolute Gasteiger partial charge is 0.417 e. The molecule has 272 valence electrons. The third-order valence-corrected chi connectivity index (χ3v) is 9.77. The molecule has 8 nitrogen and oxygen atoms in total. The van der Waals surface area contributed by atoms with Gasteiger partial charge in [-0.15, -0.1) is 0 Å². The van der Waals surface area contributed by atoms with Gasteiger partial charge < -0.3 is 19.4 Å². The van der Waals surface area contributed by atoms with Crippen molar-refractivity contribution in [2.75, 3.05) is 36.5 Å². The molecule has 6 rings (SSSR count). The second-order valence-electron chi connectivity index (χ2n) is 12.8. The van der Waals surface area contributed by atoms with Crippen LogP contribution in [0, 0.1) is 11.8 Å². The van der Waals surface area contributed by atoms with E-state index in [4.69, 9.17) is 14.1 Å². The Kier molecular flexibility index (Phi) is 12.3. The molecule has 1 N–H and O–H groups in total. The van der Waals surface area contributed by atoms with E-state index >= 15 is 0 Å². The van der Waals surface area contributed by atoms with Gasteiger partial charge in [-0.2, -0.15) is 13.2 Å². The minimum Gasteiger partial charge on any atom is -0.440 e.